The van der Waals surface area contributed by atoms with E-state index in [0.29, 0.717) is 13.1 Å². The summed E-state index contributed by atoms with van der Waals surface area (Å²) in [6.07, 6.45) is 1.31. The summed E-state index contributed by atoms with van der Waals surface area (Å²) >= 11 is 0. The van der Waals surface area contributed by atoms with Crippen LogP contribution < -0.4 is 0 Å². The number of ether oxygens (including phenoxy) is 1. The lowest BCUT2D eigenvalue weighted by molar-refractivity contribution is 0.00603. The van der Waals surface area contributed by atoms with E-state index in [0.717, 1.165) is 16.7 Å². The van der Waals surface area contributed by atoms with E-state index in [-0.39, 0.29) is 17.8 Å². The van der Waals surface area contributed by atoms with Crippen LogP contribution in [0.4, 0.5) is 9.18 Å². The van der Waals surface area contributed by atoms with Crippen molar-refractivity contribution in [3.05, 3.63) is 48.3 Å². The summed E-state index contributed by atoms with van der Waals surface area (Å²) in [5.41, 5.74) is 2.01. The average molecular weight is 303 g/mol. The fourth-order valence-electron chi connectivity index (χ4n) is 2.39. The number of amides is 1. The van der Waals surface area contributed by atoms with Gasteiger partial charge in [-0.25, -0.2) is 9.18 Å². The molecule has 1 aromatic carbocycles. The quantitative estimate of drug-likeness (QED) is 0.831. The first-order valence-corrected chi connectivity index (χ1v) is 7.30. The monoisotopic (exact) mass is 303 g/mol. The summed E-state index contributed by atoms with van der Waals surface area (Å²) in [6.45, 7) is 14.5. The van der Waals surface area contributed by atoms with Crippen molar-refractivity contribution in [3.63, 3.8) is 0 Å². The maximum atomic E-state index is 13.3. The first-order valence-electron chi connectivity index (χ1n) is 7.30. The number of halogens is 1. The fourth-order valence-corrected chi connectivity index (χ4v) is 2.39. The van der Waals surface area contributed by atoms with Crippen molar-refractivity contribution in [2.75, 3.05) is 13.1 Å². The van der Waals surface area contributed by atoms with Gasteiger partial charge in [-0.05, 0) is 49.6 Å². The van der Waals surface area contributed by atoms with Crippen LogP contribution in [0.3, 0.4) is 0 Å². The Hall–Kier alpha value is -2.10. The smallest absolute Gasteiger partial charge is 0.410 e. The third kappa shape index (κ3) is 3.56. The van der Waals surface area contributed by atoms with Crippen LogP contribution in [0.2, 0.25) is 0 Å². The first-order chi connectivity index (χ1) is 10.2. The molecular weight excluding hydrogens is 281 g/mol. The van der Waals surface area contributed by atoms with Gasteiger partial charge in [-0.3, -0.25) is 0 Å². The molecule has 2 rings (SSSR count). The van der Waals surface area contributed by atoms with E-state index in [2.05, 4.69) is 13.2 Å². The van der Waals surface area contributed by atoms with Gasteiger partial charge in [-0.15, -0.1) is 0 Å². The molecule has 0 aliphatic carbocycles. The van der Waals surface area contributed by atoms with Crippen molar-refractivity contribution in [1.82, 2.24) is 4.90 Å². The van der Waals surface area contributed by atoms with Crippen molar-refractivity contribution < 1.29 is 13.9 Å². The highest BCUT2D eigenvalue weighted by Gasteiger charge is 2.35. The highest BCUT2D eigenvalue weighted by Crippen LogP contribution is 2.33. The number of rotatable bonds is 3. The van der Waals surface area contributed by atoms with Crippen molar-refractivity contribution in [2.45, 2.75) is 26.4 Å². The summed E-state index contributed by atoms with van der Waals surface area (Å²) in [4.78, 5) is 13.6. The van der Waals surface area contributed by atoms with Crippen LogP contribution in [0.5, 0.6) is 0 Å². The SMILES string of the molecule is C=Cc1cc(F)ccc1C(=C)C1CN(C(=O)OC(C)(C)C)C1. The average Bonchev–Trinajstić information content (AvgIpc) is 2.34. The van der Waals surface area contributed by atoms with Crippen molar-refractivity contribution >= 4 is 17.7 Å². The molecule has 0 N–H and O–H groups in total. The van der Waals surface area contributed by atoms with Gasteiger partial charge in [0.2, 0.25) is 0 Å². The number of hydrogen-bond acceptors (Lipinski definition) is 2. The zero-order valence-electron chi connectivity index (χ0n) is 13.4. The predicted octanol–water partition coefficient (Wildman–Crippen LogP) is 4.35. The molecule has 118 valence electrons. The van der Waals surface area contributed by atoms with Crippen LogP contribution in [0.1, 0.15) is 31.9 Å². The Morgan fingerprint density at radius 2 is 2.05 bits per heavy atom. The van der Waals surface area contributed by atoms with Gasteiger partial charge in [-0.2, -0.15) is 0 Å². The lowest BCUT2D eigenvalue weighted by Crippen LogP contribution is -2.51. The minimum atomic E-state index is -0.494. The molecule has 0 bridgehead atoms. The van der Waals surface area contributed by atoms with E-state index in [4.69, 9.17) is 4.74 Å². The van der Waals surface area contributed by atoms with Crippen molar-refractivity contribution in [1.29, 1.82) is 0 Å². The van der Waals surface area contributed by atoms with Crippen molar-refractivity contribution in [3.8, 4) is 0 Å². The Morgan fingerprint density at radius 1 is 1.41 bits per heavy atom. The lowest BCUT2D eigenvalue weighted by atomic mass is 9.86. The van der Waals surface area contributed by atoms with E-state index < -0.39 is 5.60 Å². The number of nitrogens with zero attached hydrogens (tertiary/aromatic N) is 1. The number of benzene rings is 1. The Labute approximate surface area is 131 Å². The first kappa shape index (κ1) is 16.3. The van der Waals surface area contributed by atoms with Gasteiger partial charge in [-0.1, -0.05) is 25.3 Å². The van der Waals surface area contributed by atoms with Gasteiger partial charge in [0.05, 0.1) is 0 Å². The van der Waals surface area contributed by atoms with Gasteiger partial charge in [0.1, 0.15) is 11.4 Å². The summed E-state index contributed by atoms with van der Waals surface area (Å²) in [7, 11) is 0. The molecule has 3 nitrogen and oxygen atoms in total. The Kier molecular flexibility index (Phi) is 4.40. The van der Waals surface area contributed by atoms with Crippen LogP contribution in [0.15, 0.2) is 31.4 Å². The zero-order chi connectivity index (χ0) is 16.5. The Bertz CT molecular complexity index is 610. The summed E-state index contributed by atoms with van der Waals surface area (Å²) in [5, 5.41) is 0. The third-order valence-electron chi connectivity index (χ3n) is 3.61. The fraction of sp³-hybridized carbons (Fsp3) is 0.389. The van der Waals surface area contributed by atoms with Gasteiger partial charge < -0.3 is 9.64 Å². The third-order valence-corrected chi connectivity index (χ3v) is 3.61. The van der Waals surface area contributed by atoms with E-state index in [1.54, 1.807) is 17.0 Å². The molecule has 1 fully saturated rings. The molecule has 4 heteroatoms. The molecule has 1 amide bonds. The second kappa shape index (κ2) is 5.95. The highest BCUT2D eigenvalue weighted by molar-refractivity contribution is 5.77. The van der Waals surface area contributed by atoms with E-state index in [1.165, 1.54) is 12.1 Å². The maximum absolute atomic E-state index is 13.3. The molecule has 1 aromatic rings. The number of likely N-dealkylation sites (tertiary alicyclic amines) is 1. The van der Waals surface area contributed by atoms with Crippen molar-refractivity contribution in [2.24, 2.45) is 5.92 Å². The molecule has 0 atom stereocenters. The van der Waals surface area contributed by atoms with Crippen LogP contribution in [-0.2, 0) is 4.74 Å². The van der Waals surface area contributed by atoms with Gasteiger partial charge in [0, 0.05) is 19.0 Å². The highest BCUT2D eigenvalue weighted by atomic mass is 19.1. The molecule has 1 aliphatic rings. The number of carbonyl (C=O) groups excluding carboxylic acids is 1. The Morgan fingerprint density at radius 3 is 2.59 bits per heavy atom. The van der Waals surface area contributed by atoms with Crippen LogP contribution in [0.25, 0.3) is 11.6 Å². The largest absolute Gasteiger partial charge is 0.444 e. The zero-order valence-corrected chi connectivity index (χ0v) is 13.4. The normalized spacial score (nSPS) is 15.2. The minimum absolute atomic E-state index is 0.164. The van der Waals surface area contributed by atoms with E-state index >= 15 is 0 Å². The summed E-state index contributed by atoms with van der Waals surface area (Å²) in [6, 6.07) is 4.57. The molecule has 22 heavy (non-hydrogen) atoms. The second-order valence-corrected chi connectivity index (χ2v) is 6.54. The van der Waals surface area contributed by atoms with E-state index in [1.807, 2.05) is 20.8 Å². The van der Waals surface area contributed by atoms with Gasteiger partial charge >= 0.3 is 6.09 Å². The topological polar surface area (TPSA) is 29.5 Å². The molecule has 0 saturated carbocycles. The van der Waals surface area contributed by atoms with Crippen LogP contribution in [-0.4, -0.2) is 29.7 Å². The van der Waals surface area contributed by atoms with Gasteiger partial charge in [0.15, 0.2) is 0 Å². The minimum Gasteiger partial charge on any atom is -0.444 e. The summed E-state index contributed by atoms with van der Waals surface area (Å²) < 4.78 is 18.6. The lowest BCUT2D eigenvalue weighted by Gasteiger charge is -2.41. The number of hydrogen-bond donors (Lipinski definition) is 0. The molecule has 0 unspecified atom stereocenters. The summed E-state index contributed by atoms with van der Waals surface area (Å²) in [5.74, 6) is -0.132. The molecule has 0 radical (unpaired) electrons. The maximum Gasteiger partial charge on any atom is 0.410 e. The number of carbonyl (C=O) groups is 1. The Balaban J connectivity index is 2.00. The molecular formula is C18H22FNO2. The molecule has 1 aliphatic heterocycles. The van der Waals surface area contributed by atoms with Crippen LogP contribution >= 0.6 is 0 Å². The van der Waals surface area contributed by atoms with E-state index in [9.17, 15) is 9.18 Å². The molecule has 1 heterocycles. The molecule has 1 saturated heterocycles. The van der Waals surface area contributed by atoms with Gasteiger partial charge in [0.25, 0.3) is 0 Å². The predicted molar refractivity (Wildman–Crippen MR) is 86.8 cm³/mol. The second-order valence-electron chi connectivity index (χ2n) is 6.54. The molecule has 0 aromatic heterocycles. The molecule has 0 spiro atoms. The van der Waals surface area contributed by atoms with Crippen LogP contribution in [0, 0.1) is 11.7 Å². The standard InChI is InChI=1S/C18H22FNO2/c1-6-13-9-15(19)7-8-16(13)12(2)14-10-20(11-14)17(21)22-18(3,4)5/h6-9,14H,1-2,10-11H2,3-5H3.